The molecule has 2 aromatic rings. The van der Waals surface area contributed by atoms with Crippen molar-refractivity contribution in [1.82, 2.24) is 15.6 Å². The minimum Gasteiger partial charge on any atom is -0.347 e. The number of pyridine rings is 1. The fourth-order valence-corrected chi connectivity index (χ4v) is 2.11. The molecule has 0 unspecified atom stereocenters. The van der Waals surface area contributed by atoms with E-state index >= 15 is 0 Å². The van der Waals surface area contributed by atoms with E-state index in [4.69, 9.17) is 11.6 Å². The molecule has 0 fully saturated rings. The number of benzene rings is 1. The lowest BCUT2D eigenvalue weighted by Gasteiger charge is -2.20. The summed E-state index contributed by atoms with van der Waals surface area (Å²) >= 11 is 5.83. The first kappa shape index (κ1) is 17.9. The topological polar surface area (TPSA) is 71.1 Å². The maximum atomic E-state index is 12.2. The van der Waals surface area contributed by atoms with Gasteiger partial charge < -0.3 is 10.6 Å². The van der Waals surface area contributed by atoms with Gasteiger partial charge in [-0.3, -0.25) is 14.6 Å². The molecule has 5 nitrogen and oxygen atoms in total. The second kappa shape index (κ2) is 7.45. The molecule has 24 heavy (non-hydrogen) atoms. The average molecular weight is 346 g/mol. The minimum absolute atomic E-state index is 0.200. The van der Waals surface area contributed by atoms with E-state index in [1.54, 1.807) is 18.2 Å². The number of aromatic nitrogens is 1. The van der Waals surface area contributed by atoms with Gasteiger partial charge in [0.15, 0.2) is 0 Å². The number of rotatable bonds is 4. The molecule has 1 aromatic carbocycles. The molecule has 2 N–H and O–H groups in total. The van der Waals surface area contributed by atoms with Crippen molar-refractivity contribution in [2.45, 2.75) is 32.9 Å². The number of amides is 2. The summed E-state index contributed by atoms with van der Waals surface area (Å²) in [5.41, 5.74) is 1.17. The summed E-state index contributed by atoms with van der Waals surface area (Å²) in [6, 6.07) is 10.3. The van der Waals surface area contributed by atoms with E-state index < -0.39 is 0 Å². The van der Waals surface area contributed by atoms with Crippen molar-refractivity contribution in [1.29, 1.82) is 0 Å². The monoisotopic (exact) mass is 345 g/mol. The van der Waals surface area contributed by atoms with Crippen LogP contribution in [0.4, 0.5) is 0 Å². The number of carbonyl (C=O) groups excluding carboxylic acids is 2. The lowest BCUT2D eigenvalue weighted by molar-refractivity contribution is 0.0919. The summed E-state index contributed by atoms with van der Waals surface area (Å²) in [6.45, 7) is 6.04. The molecule has 2 rings (SSSR count). The van der Waals surface area contributed by atoms with E-state index in [0.717, 1.165) is 5.56 Å². The van der Waals surface area contributed by atoms with E-state index in [2.05, 4.69) is 15.6 Å². The summed E-state index contributed by atoms with van der Waals surface area (Å²) in [5, 5.41) is 6.27. The van der Waals surface area contributed by atoms with Gasteiger partial charge in [0.25, 0.3) is 11.8 Å². The van der Waals surface area contributed by atoms with Gasteiger partial charge >= 0.3 is 0 Å². The first-order valence-electron chi connectivity index (χ1n) is 7.56. The first-order chi connectivity index (χ1) is 11.2. The van der Waals surface area contributed by atoms with Crippen molar-refractivity contribution in [3.05, 3.63) is 64.4 Å². The largest absolute Gasteiger partial charge is 0.347 e. The molecule has 6 heteroatoms. The van der Waals surface area contributed by atoms with Gasteiger partial charge in [0.2, 0.25) is 0 Å². The molecule has 1 aromatic heterocycles. The van der Waals surface area contributed by atoms with Gasteiger partial charge in [0.1, 0.15) is 5.69 Å². The van der Waals surface area contributed by atoms with E-state index in [1.807, 2.05) is 32.9 Å². The highest BCUT2D eigenvalue weighted by Gasteiger charge is 2.17. The predicted molar refractivity (Wildman–Crippen MR) is 94.1 cm³/mol. The lowest BCUT2D eigenvalue weighted by Crippen LogP contribution is -2.40. The zero-order valence-corrected chi connectivity index (χ0v) is 14.6. The van der Waals surface area contributed by atoms with Crippen LogP contribution in [0.3, 0.4) is 0 Å². The van der Waals surface area contributed by atoms with Crippen molar-refractivity contribution in [3.63, 3.8) is 0 Å². The Morgan fingerprint density at radius 3 is 2.38 bits per heavy atom. The van der Waals surface area contributed by atoms with E-state index in [-0.39, 0.29) is 23.0 Å². The summed E-state index contributed by atoms with van der Waals surface area (Å²) in [6.07, 6.45) is 1.45. The number of hydrogen-bond acceptors (Lipinski definition) is 3. The molecule has 0 aliphatic heterocycles. The second-order valence-corrected chi connectivity index (χ2v) is 6.88. The van der Waals surface area contributed by atoms with Gasteiger partial charge in [-0.2, -0.15) is 0 Å². The zero-order chi connectivity index (χ0) is 17.7. The van der Waals surface area contributed by atoms with Crippen LogP contribution < -0.4 is 10.6 Å². The van der Waals surface area contributed by atoms with Crippen LogP contribution in [0.5, 0.6) is 0 Å². The Labute approximate surface area is 146 Å². The first-order valence-corrected chi connectivity index (χ1v) is 7.93. The van der Waals surface area contributed by atoms with Gasteiger partial charge in [0.05, 0.1) is 0 Å². The third-order valence-electron chi connectivity index (χ3n) is 3.11. The summed E-state index contributed by atoms with van der Waals surface area (Å²) in [4.78, 5) is 28.4. The normalized spacial score (nSPS) is 11.0. The molecule has 0 radical (unpaired) electrons. The summed E-state index contributed by atoms with van der Waals surface area (Å²) in [7, 11) is 0. The van der Waals surface area contributed by atoms with Crippen LogP contribution in [0.25, 0.3) is 0 Å². The number of hydrogen-bond donors (Lipinski definition) is 2. The molecule has 2 amide bonds. The van der Waals surface area contributed by atoms with Crippen LogP contribution in [0.1, 0.15) is 47.2 Å². The quantitative estimate of drug-likeness (QED) is 0.894. The fraction of sp³-hybridized carbons (Fsp3) is 0.278. The minimum atomic E-state index is -0.350. The van der Waals surface area contributed by atoms with Crippen molar-refractivity contribution in [2.75, 3.05) is 0 Å². The van der Waals surface area contributed by atoms with Crippen LogP contribution in [0, 0.1) is 0 Å². The van der Waals surface area contributed by atoms with Gasteiger partial charge in [-0.25, -0.2) is 0 Å². The Balaban J connectivity index is 2.03. The van der Waals surface area contributed by atoms with Crippen molar-refractivity contribution < 1.29 is 9.59 Å². The predicted octanol–water partition coefficient (Wildman–Crippen LogP) is 3.19. The Kier molecular flexibility index (Phi) is 5.57. The van der Waals surface area contributed by atoms with Crippen LogP contribution >= 0.6 is 11.6 Å². The third-order valence-corrected chi connectivity index (χ3v) is 3.36. The number of halogens is 1. The number of nitrogens with zero attached hydrogens (tertiary/aromatic N) is 1. The Hall–Kier alpha value is -2.40. The van der Waals surface area contributed by atoms with Gasteiger partial charge in [-0.15, -0.1) is 0 Å². The van der Waals surface area contributed by atoms with Crippen LogP contribution in [0.2, 0.25) is 5.02 Å². The van der Waals surface area contributed by atoms with Crippen LogP contribution in [-0.2, 0) is 6.54 Å². The molecular formula is C18H20ClN3O2. The molecule has 1 heterocycles. The third kappa shape index (κ3) is 5.35. The molecular weight excluding hydrogens is 326 g/mol. The highest BCUT2D eigenvalue weighted by molar-refractivity contribution is 6.30. The molecule has 0 aliphatic rings. The zero-order valence-electron chi connectivity index (χ0n) is 13.9. The molecule has 0 atom stereocenters. The van der Waals surface area contributed by atoms with Gasteiger partial charge in [0, 0.05) is 28.9 Å². The molecule has 0 bridgehead atoms. The SMILES string of the molecule is CC(C)(C)NC(=O)c1ccnc(C(=O)NCc2ccc(Cl)cc2)c1. The Morgan fingerprint density at radius 2 is 1.75 bits per heavy atom. The highest BCUT2D eigenvalue weighted by atomic mass is 35.5. The smallest absolute Gasteiger partial charge is 0.270 e. The summed E-state index contributed by atoms with van der Waals surface area (Å²) in [5.74, 6) is -0.577. The van der Waals surface area contributed by atoms with Gasteiger partial charge in [-0.1, -0.05) is 23.7 Å². The maximum absolute atomic E-state index is 12.2. The number of nitrogens with one attached hydrogen (secondary N) is 2. The Bertz CT molecular complexity index is 737. The molecule has 0 saturated carbocycles. The second-order valence-electron chi connectivity index (χ2n) is 6.44. The van der Waals surface area contributed by atoms with Crippen molar-refractivity contribution >= 4 is 23.4 Å². The van der Waals surface area contributed by atoms with Crippen LogP contribution in [0.15, 0.2) is 42.6 Å². The van der Waals surface area contributed by atoms with Crippen molar-refractivity contribution in [2.24, 2.45) is 0 Å². The fourth-order valence-electron chi connectivity index (χ4n) is 1.98. The molecule has 0 spiro atoms. The van der Waals surface area contributed by atoms with Gasteiger partial charge in [-0.05, 0) is 50.6 Å². The molecule has 0 aliphatic carbocycles. The highest BCUT2D eigenvalue weighted by Crippen LogP contribution is 2.10. The Morgan fingerprint density at radius 1 is 1.08 bits per heavy atom. The van der Waals surface area contributed by atoms with Crippen LogP contribution in [-0.4, -0.2) is 22.3 Å². The molecule has 126 valence electrons. The lowest BCUT2D eigenvalue weighted by atomic mass is 10.1. The van der Waals surface area contributed by atoms with E-state index in [0.29, 0.717) is 17.1 Å². The standard InChI is InChI=1S/C18H20ClN3O2/c1-18(2,3)22-16(23)13-8-9-20-15(10-13)17(24)21-11-12-4-6-14(19)7-5-12/h4-10H,11H2,1-3H3,(H,21,24)(H,22,23). The number of carbonyl (C=O) groups is 2. The molecule has 0 saturated heterocycles. The maximum Gasteiger partial charge on any atom is 0.270 e. The van der Waals surface area contributed by atoms with E-state index in [1.165, 1.54) is 12.3 Å². The van der Waals surface area contributed by atoms with Crippen molar-refractivity contribution in [3.8, 4) is 0 Å². The van der Waals surface area contributed by atoms with E-state index in [9.17, 15) is 9.59 Å². The average Bonchev–Trinajstić information content (AvgIpc) is 2.52. The summed E-state index contributed by atoms with van der Waals surface area (Å²) < 4.78 is 0.